The van der Waals surface area contributed by atoms with Gasteiger partial charge in [0.15, 0.2) is 0 Å². The van der Waals surface area contributed by atoms with Gasteiger partial charge in [0.2, 0.25) is 11.3 Å². The summed E-state index contributed by atoms with van der Waals surface area (Å²) in [7, 11) is 0. The number of hydrogen-bond donors (Lipinski definition) is 4. The minimum absolute atomic E-state index is 0. The Balaban J connectivity index is 0.00000312. The number of rotatable bonds is 7. The van der Waals surface area contributed by atoms with Crippen LogP contribution in [0.2, 0.25) is 0 Å². The quantitative estimate of drug-likeness (QED) is 0.581. The van der Waals surface area contributed by atoms with Crippen molar-refractivity contribution >= 4 is 35.1 Å². The van der Waals surface area contributed by atoms with Crippen LogP contribution in [0.15, 0.2) is 35.3 Å². The molecule has 136 valence electrons. The molecule has 0 saturated heterocycles. The van der Waals surface area contributed by atoms with Crippen LogP contribution in [0.3, 0.4) is 0 Å². The molecule has 0 fully saturated rings. The van der Waals surface area contributed by atoms with Crippen LogP contribution in [-0.2, 0) is 4.79 Å². The maximum Gasteiger partial charge on any atom is 0.257 e. The molecular formula is C17H23ClN4O3. The van der Waals surface area contributed by atoms with E-state index in [1.807, 2.05) is 13.8 Å². The Kier molecular flexibility index (Phi) is 8.10. The molecule has 1 aromatic heterocycles. The van der Waals surface area contributed by atoms with Gasteiger partial charge in [0.1, 0.15) is 5.56 Å². The molecule has 0 unspecified atom stereocenters. The highest BCUT2D eigenvalue weighted by atomic mass is 35.5. The van der Waals surface area contributed by atoms with E-state index < -0.39 is 5.91 Å². The first-order valence-electron chi connectivity index (χ1n) is 7.91. The van der Waals surface area contributed by atoms with Crippen molar-refractivity contribution in [1.29, 1.82) is 0 Å². The summed E-state index contributed by atoms with van der Waals surface area (Å²) in [5, 5.41) is 8.79. The number of likely N-dealkylation sites (N-methyl/N-ethyl adjacent to an activating group) is 1. The first kappa shape index (κ1) is 20.7. The van der Waals surface area contributed by atoms with Gasteiger partial charge in [0.25, 0.3) is 5.91 Å². The second-order valence-corrected chi connectivity index (χ2v) is 5.52. The predicted octanol–water partition coefficient (Wildman–Crippen LogP) is 0.794. The lowest BCUT2D eigenvalue weighted by atomic mass is 10.1. The summed E-state index contributed by atoms with van der Waals surface area (Å²) in [4.78, 5) is 39.1. The zero-order valence-corrected chi connectivity index (χ0v) is 15.0. The Labute approximate surface area is 152 Å². The third kappa shape index (κ3) is 5.58. The van der Waals surface area contributed by atoms with Gasteiger partial charge in [-0.2, -0.15) is 0 Å². The lowest BCUT2D eigenvalue weighted by Crippen LogP contribution is -2.43. The number of nitrogens with one attached hydrogen (secondary N) is 4. The zero-order chi connectivity index (χ0) is 17.5. The van der Waals surface area contributed by atoms with Crippen molar-refractivity contribution in [2.24, 2.45) is 0 Å². The van der Waals surface area contributed by atoms with E-state index in [-0.39, 0.29) is 41.9 Å². The monoisotopic (exact) mass is 366 g/mol. The van der Waals surface area contributed by atoms with E-state index in [1.165, 1.54) is 6.20 Å². The average molecular weight is 367 g/mol. The summed E-state index contributed by atoms with van der Waals surface area (Å²) >= 11 is 0. The van der Waals surface area contributed by atoms with Gasteiger partial charge in [0.05, 0.1) is 6.54 Å². The Hall–Kier alpha value is -2.38. The topological polar surface area (TPSA) is 103 Å². The molecule has 8 heteroatoms. The number of aromatic nitrogens is 1. The maximum atomic E-state index is 12.3. The maximum absolute atomic E-state index is 12.3. The van der Waals surface area contributed by atoms with Crippen LogP contribution in [0, 0.1) is 0 Å². The van der Waals surface area contributed by atoms with Crippen molar-refractivity contribution in [2.75, 3.05) is 19.6 Å². The Morgan fingerprint density at radius 2 is 1.92 bits per heavy atom. The fourth-order valence-electron chi connectivity index (χ4n) is 2.34. The summed E-state index contributed by atoms with van der Waals surface area (Å²) in [5.41, 5.74) is 0.291. The molecule has 2 aromatic rings. The van der Waals surface area contributed by atoms with E-state index in [4.69, 9.17) is 0 Å². The first-order chi connectivity index (χ1) is 11.5. The lowest BCUT2D eigenvalue weighted by molar-refractivity contribution is -0.120. The van der Waals surface area contributed by atoms with Crippen molar-refractivity contribution in [3.63, 3.8) is 0 Å². The highest BCUT2D eigenvalue weighted by Gasteiger charge is 2.14. The van der Waals surface area contributed by atoms with Crippen LogP contribution in [0.1, 0.15) is 24.2 Å². The molecule has 2 amide bonds. The van der Waals surface area contributed by atoms with Crippen LogP contribution in [0.4, 0.5) is 0 Å². The summed E-state index contributed by atoms with van der Waals surface area (Å²) in [6.07, 6.45) is 1.37. The van der Waals surface area contributed by atoms with E-state index in [0.29, 0.717) is 17.4 Å². The summed E-state index contributed by atoms with van der Waals surface area (Å²) < 4.78 is 0. The van der Waals surface area contributed by atoms with Crippen LogP contribution < -0.4 is 21.4 Å². The Bertz CT molecular complexity index is 791. The minimum Gasteiger partial charge on any atom is -0.360 e. The Morgan fingerprint density at radius 1 is 1.20 bits per heavy atom. The normalized spacial score (nSPS) is 11.4. The number of para-hydroxylation sites is 1. The molecule has 2 rings (SSSR count). The van der Waals surface area contributed by atoms with E-state index in [1.54, 1.807) is 24.3 Å². The number of H-pyrrole nitrogens is 1. The van der Waals surface area contributed by atoms with Gasteiger partial charge in [-0.05, 0) is 25.6 Å². The molecule has 4 N–H and O–H groups in total. The minimum atomic E-state index is -0.572. The summed E-state index contributed by atoms with van der Waals surface area (Å²) in [6.45, 7) is 5.05. The fourth-order valence-corrected chi connectivity index (χ4v) is 2.34. The molecular weight excluding hydrogens is 344 g/mol. The van der Waals surface area contributed by atoms with Gasteiger partial charge in [-0.25, -0.2) is 0 Å². The number of fused-ring (bicyclic) bond motifs is 1. The van der Waals surface area contributed by atoms with Gasteiger partial charge in [0, 0.05) is 29.7 Å². The van der Waals surface area contributed by atoms with Crippen molar-refractivity contribution in [2.45, 2.75) is 19.9 Å². The SMILES string of the molecule is CCN[C@H](C)CNC(=O)CNC(=O)c1c[nH]c2ccccc2c1=O.Cl. The standard InChI is InChI=1S/C17H22N4O3.ClH/c1-3-18-11(2)8-20-15(22)10-21-17(24)13-9-19-14-7-5-4-6-12(14)16(13)23;/h4-7,9,11,18H,3,8,10H2,1-2H3,(H,19,23)(H,20,22)(H,21,24);1H/t11-;/m1./s1. The number of carbonyl (C=O) groups is 2. The van der Waals surface area contributed by atoms with E-state index >= 15 is 0 Å². The molecule has 0 saturated carbocycles. The van der Waals surface area contributed by atoms with E-state index in [2.05, 4.69) is 20.9 Å². The van der Waals surface area contributed by atoms with Gasteiger partial charge >= 0.3 is 0 Å². The predicted molar refractivity (Wildman–Crippen MR) is 100 cm³/mol. The number of aromatic amines is 1. The molecule has 1 aromatic carbocycles. The molecule has 0 spiro atoms. The molecule has 0 bridgehead atoms. The molecule has 1 heterocycles. The molecule has 7 nitrogen and oxygen atoms in total. The van der Waals surface area contributed by atoms with Crippen LogP contribution in [-0.4, -0.2) is 42.5 Å². The molecule has 0 radical (unpaired) electrons. The first-order valence-corrected chi connectivity index (χ1v) is 7.91. The highest BCUT2D eigenvalue weighted by molar-refractivity contribution is 5.98. The molecule has 1 atom stereocenters. The smallest absolute Gasteiger partial charge is 0.257 e. The molecule has 0 aliphatic rings. The van der Waals surface area contributed by atoms with Crippen LogP contribution in [0.25, 0.3) is 10.9 Å². The van der Waals surface area contributed by atoms with Gasteiger partial charge in [-0.1, -0.05) is 19.1 Å². The van der Waals surface area contributed by atoms with Crippen molar-refractivity contribution in [1.82, 2.24) is 20.9 Å². The molecule has 0 aliphatic carbocycles. The van der Waals surface area contributed by atoms with Crippen molar-refractivity contribution in [3.05, 3.63) is 46.2 Å². The number of pyridine rings is 1. The number of amides is 2. The van der Waals surface area contributed by atoms with Gasteiger partial charge < -0.3 is 20.9 Å². The third-order valence-electron chi connectivity index (χ3n) is 3.60. The van der Waals surface area contributed by atoms with Crippen molar-refractivity contribution < 1.29 is 9.59 Å². The van der Waals surface area contributed by atoms with E-state index in [0.717, 1.165) is 6.54 Å². The molecule has 25 heavy (non-hydrogen) atoms. The number of hydrogen-bond acceptors (Lipinski definition) is 4. The van der Waals surface area contributed by atoms with E-state index in [9.17, 15) is 14.4 Å². The van der Waals surface area contributed by atoms with Gasteiger partial charge in [-0.3, -0.25) is 14.4 Å². The number of halogens is 1. The fraction of sp³-hybridized carbons (Fsp3) is 0.353. The van der Waals surface area contributed by atoms with Gasteiger partial charge in [-0.15, -0.1) is 12.4 Å². The highest BCUT2D eigenvalue weighted by Crippen LogP contribution is 2.06. The average Bonchev–Trinajstić information content (AvgIpc) is 2.58. The van der Waals surface area contributed by atoms with Crippen LogP contribution >= 0.6 is 12.4 Å². The second-order valence-electron chi connectivity index (χ2n) is 5.52. The summed E-state index contributed by atoms with van der Waals surface area (Å²) in [5.74, 6) is -0.873. The zero-order valence-electron chi connectivity index (χ0n) is 14.2. The Morgan fingerprint density at radius 3 is 2.64 bits per heavy atom. The summed E-state index contributed by atoms with van der Waals surface area (Å²) in [6, 6.07) is 7.10. The third-order valence-corrected chi connectivity index (χ3v) is 3.60. The lowest BCUT2D eigenvalue weighted by Gasteiger charge is -2.13. The largest absolute Gasteiger partial charge is 0.360 e. The second kappa shape index (κ2) is 9.80. The number of carbonyl (C=O) groups excluding carboxylic acids is 2. The molecule has 0 aliphatic heterocycles. The van der Waals surface area contributed by atoms with Crippen molar-refractivity contribution in [3.8, 4) is 0 Å². The number of benzene rings is 1. The van der Waals surface area contributed by atoms with Crippen LogP contribution in [0.5, 0.6) is 0 Å².